The monoisotopic (exact) mass is 270 g/mol. The van der Waals surface area contributed by atoms with Crippen molar-refractivity contribution in [1.29, 1.82) is 0 Å². The molecule has 5 heteroatoms. The summed E-state index contributed by atoms with van der Waals surface area (Å²) in [5.41, 5.74) is 2.15. The van der Waals surface area contributed by atoms with E-state index in [1.807, 2.05) is 30.3 Å². The van der Waals surface area contributed by atoms with E-state index in [1.54, 1.807) is 12.1 Å². The number of nitrogens with one attached hydrogen (secondary N) is 1. The molecule has 1 aliphatic rings. The second kappa shape index (κ2) is 5.30. The Balaban J connectivity index is 1.69. The zero-order valence-electron chi connectivity index (χ0n) is 10.8. The van der Waals surface area contributed by atoms with Crippen LogP contribution in [0.3, 0.4) is 0 Å². The van der Waals surface area contributed by atoms with Crippen molar-refractivity contribution >= 4 is 5.69 Å². The molecule has 0 aromatic heterocycles. The molecule has 0 radical (unpaired) electrons. The average molecular weight is 270 g/mol. The van der Waals surface area contributed by atoms with Gasteiger partial charge >= 0.3 is 0 Å². The molecule has 2 aromatic rings. The lowest BCUT2D eigenvalue weighted by atomic mass is 10.1. The van der Waals surface area contributed by atoms with Crippen molar-refractivity contribution in [3.63, 3.8) is 0 Å². The summed E-state index contributed by atoms with van der Waals surface area (Å²) in [5.74, 6) is 0.907. The van der Waals surface area contributed by atoms with Gasteiger partial charge in [-0.05, 0) is 11.6 Å². The van der Waals surface area contributed by atoms with Gasteiger partial charge in [0, 0.05) is 24.2 Å². The van der Waals surface area contributed by atoms with Crippen LogP contribution in [0.4, 0.5) is 5.69 Å². The Kier molecular flexibility index (Phi) is 3.35. The Morgan fingerprint density at radius 3 is 2.95 bits per heavy atom. The maximum absolute atomic E-state index is 10.7. The molecule has 0 saturated carbocycles. The van der Waals surface area contributed by atoms with Gasteiger partial charge in [0.1, 0.15) is 12.4 Å². The lowest BCUT2D eigenvalue weighted by Crippen LogP contribution is -2.21. The summed E-state index contributed by atoms with van der Waals surface area (Å²) in [6, 6.07) is 14.7. The van der Waals surface area contributed by atoms with Gasteiger partial charge in [0.15, 0.2) is 0 Å². The number of ether oxygens (including phenoxy) is 1. The summed E-state index contributed by atoms with van der Waals surface area (Å²) in [6.45, 7) is 1.16. The first kappa shape index (κ1) is 12.6. The highest BCUT2D eigenvalue weighted by molar-refractivity contribution is 5.39. The van der Waals surface area contributed by atoms with Crippen LogP contribution < -0.4 is 10.1 Å². The van der Waals surface area contributed by atoms with E-state index >= 15 is 0 Å². The number of nitrogens with zero attached hydrogens (tertiary/aromatic N) is 1. The number of hydrogen-bond donors (Lipinski definition) is 1. The molecule has 1 atom stereocenters. The number of benzene rings is 2. The van der Waals surface area contributed by atoms with E-state index in [0.717, 1.165) is 16.9 Å². The standard InChI is InChI=1S/C15H14N2O3/c18-17(19)12-5-3-4-11(8-12)9-16-14-10-20-15-7-2-1-6-13(14)15/h1-8,14,16H,9-10H2. The maximum atomic E-state index is 10.7. The predicted octanol–water partition coefficient (Wildman–Crippen LogP) is 2.82. The molecule has 0 saturated heterocycles. The average Bonchev–Trinajstić information content (AvgIpc) is 2.89. The molecule has 3 rings (SSSR count). The minimum absolute atomic E-state index is 0.118. The van der Waals surface area contributed by atoms with Crippen LogP contribution in [0.2, 0.25) is 0 Å². The molecule has 5 nitrogen and oxygen atoms in total. The smallest absolute Gasteiger partial charge is 0.269 e. The molecule has 1 heterocycles. The van der Waals surface area contributed by atoms with E-state index < -0.39 is 0 Å². The van der Waals surface area contributed by atoms with Crippen molar-refractivity contribution in [3.8, 4) is 5.75 Å². The first-order valence-electron chi connectivity index (χ1n) is 6.42. The summed E-state index contributed by atoms with van der Waals surface area (Å²) in [4.78, 5) is 10.4. The highest BCUT2D eigenvalue weighted by atomic mass is 16.6. The van der Waals surface area contributed by atoms with Crippen LogP contribution in [-0.2, 0) is 6.54 Å². The summed E-state index contributed by atoms with van der Waals surface area (Å²) in [5, 5.41) is 14.1. The van der Waals surface area contributed by atoms with Gasteiger partial charge in [-0.3, -0.25) is 10.1 Å². The Morgan fingerprint density at radius 1 is 1.25 bits per heavy atom. The van der Waals surface area contributed by atoms with Crippen LogP contribution in [0, 0.1) is 10.1 Å². The Labute approximate surface area is 116 Å². The molecule has 20 heavy (non-hydrogen) atoms. The Hall–Kier alpha value is -2.40. The third-order valence-corrected chi connectivity index (χ3v) is 3.37. The van der Waals surface area contributed by atoms with Gasteiger partial charge in [-0.15, -0.1) is 0 Å². The highest BCUT2D eigenvalue weighted by Crippen LogP contribution is 2.31. The van der Waals surface area contributed by atoms with E-state index in [1.165, 1.54) is 6.07 Å². The number of fused-ring (bicyclic) bond motifs is 1. The Morgan fingerprint density at radius 2 is 2.10 bits per heavy atom. The number of hydrogen-bond acceptors (Lipinski definition) is 4. The summed E-state index contributed by atoms with van der Waals surface area (Å²) < 4.78 is 5.59. The quantitative estimate of drug-likeness (QED) is 0.685. The number of nitro groups is 1. The second-order valence-corrected chi connectivity index (χ2v) is 4.71. The van der Waals surface area contributed by atoms with Gasteiger partial charge < -0.3 is 10.1 Å². The molecule has 1 aliphatic heterocycles. The van der Waals surface area contributed by atoms with E-state index in [4.69, 9.17) is 4.74 Å². The molecule has 1 unspecified atom stereocenters. The van der Waals surface area contributed by atoms with Crippen molar-refractivity contribution < 1.29 is 9.66 Å². The second-order valence-electron chi connectivity index (χ2n) is 4.71. The topological polar surface area (TPSA) is 64.4 Å². The fraction of sp³-hybridized carbons (Fsp3) is 0.200. The minimum Gasteiger partial charge on any atom is -0.491 e. The van der Waals surface area contributed by atoms with Crippen molar-refractivity contribution in [1.82, 2.24) is 5.32 Å². The molecule has 1 N–H and O–H groups in total. The van der Waals surface area contributed by atoms with Crippen molar-refractivity contribution in [2.75, 3.05) is 6.61 Å². The van der Waals surface area contributed by atoms with Gasteiger partial charge in [0.05, 0.1) is 11.0 Å². The van der Waals surface area contributed by atoms with Crippen LogP contribution >= 0.6 is 0 Å². The molecule has 2 aromatic carbocycles. The number of rotatable bonds is 4. The number of non-ortho nitro benzene ring substituents is 1. The lowest BCUT2D eigenvalue weighted by Gasteiger charge is -2.11. The number of nitro benzene ring substituents is 1. The largest absolute Gasteiger partial charge is 0.491 e. The fourth-order valence-electron chi connectivity index (χ4n) is 2.35. The molecule has 102 valence electrons. The first-order valence-corrected chi connectivity index (χ1v) is 6.42. The SMILES string of the molecule is O=[N+]([O-])c1cccc(CNC2COc3ccccc32)c1. The van der Waals surface area contributed by atoms with Crippen molar-refractivity contribution in [3.05, 3.63) is 69.8 Å². The van der Waals surface area contributed by atoms with Crippen LogP contribution in [0.1, 0.15) is 17.2 Å². The first-order chi connectivity index (χ1) is 9.74. The van der Waals surface area contributed by atoms with E-state index in [0.29, 0.717) is 13.2 Å². The van der Waals surface area contributed by atoms with E-state index in [-0.39, 0.29) is 16.7 Å². The van der Waals surface area contributed by atoms with Crippen LogP contribution in [0.25, 0.3) is 0 Å². The summed E-state index contributed by atoms with van der Waals surface area (Å²) in [6.07, 6.45) is 0. The normalized spacial score (nSPS) is 16.5. The molecule has 0 spiro atoms. The Bertz CT molecular complexity index is 643. The van der Waals surface area contributed by atoms with E-state index in [2.05, 4.69) is 5.32 Å². The third kappa shape index (κ3) is 2.48. The molecular formula is C15H14N2O3. The fourth-order valence-corrected chi connectivity index (χ4v) is 2.35. The molecule has 0 aliphatic carbocycles. The van der Waals surface area contributed by atoms with Crippen LogP contribution in [-0.4, -0.2) is 11.5 Å². The zero-order valence-corrected chi connectivity index (χ0v) is 10.8. The third-order valence-electron chi connectivity index (χ3n) is 3.37. The van der Waals surface area contributed by atoms with Gasteiger partial charge in [-0.2, -0.15) is 0 Å². The highest BCUT2D eigenvalue weighted by Gasteiger charge is 2.22. The minimum atomic E-state index is -0.377. The summed E-state index contributed by atoms with van der Waals surface area (Å²) in [7, 11) is 0. The van der Waals surface area contributed by atoms with Gasteiger partial charge in [-0.25, -0.2) is 0 Å². The molecule has 0 amide bonds. The van der Waals surface area contributed by atoms with Gasteiger partial charge in [0.2, 0.25) is 0 Å². The lowest BCUT2D eigenvalue weighted by molar-refractivity contribution is -0.384. The number of para-hydroxylation sites is 1. The van der Waals surface area contributed by atoms with Crippen LogP contribution in [0.5, 0.6) is 5.75 Å². The van der Waals surface area contributed by atoms with Crippen LogP contribution in [0.15, 0.2) is 48.5 Å². The molecular weight excluding hydrogens is 256 g/mol. The van der Waals surface area contributed by atoms with Gasteiger partial charge in [0.25, 0.3) is 5.69 Å². The maximum Gasteiger partial charge on any atom is 0.269 e. The van der Waals surface area contributed by atoms with Crippen molar-refractivity contribution in [2.24, 2.45) is 0 Å². The predicted molar refractivity (Wildman–Crippen MR) is 74.6 cm³/mol. The summed E-state index contributed by atoms with van der Waals surface area (Å²) >= 11 is 0. The molecule has 0 bridgehead atoms. The van der Waals surface area contributed by atoms with Crippen molar-refractivity contribution in [2.45, 2.75) is 12.6 Å². The molecule has 0 fully saturated rings. The zero-order chi connectivity index (χ0) is 13.9. The van der Waals surface area contributed by atoms with E-state index in [9.17, 15) is 10.1 Å². The van der Waals surface area contributed by atoms with Gasteiger partial charge in [-0.1, -0.05) is 30.3 Å².